The minimum atomic E-state index is -0.492. The zero-order chi connectivity index (χ0) is 13.8. The predicted molar refractivity (Wildman–Crippen MR) is 71.2 cm³/mol. The van der Waals surface area contributed by atoms with E-state index < -0.39 is 11.7 Å². The number of halogens is 2. The Hall–Kier alpha value is -1.88. The van der Waals surface area contributed by atoms with Crippen LogP contribution < -0.4 is 5.32 Å². The minimum Gasteiger partial charge on any atom is -0.348 e. The Kier molecular flexibility index (Phi) is 4.16. The van der Waals surface area contributed by atoms with Gasteiger partial charge < -0.3 is 5.32 Å². The quantitative estimate of drug-likeness (QED) is 0.830. The van der Waals surface area contributed by atoms with Crippen molar-refractivity contribution in [1.82, 2.24) is 5.32 Å². The van der Waals surface area contributed by atoms with Crippen molar-refractivity contribution in [3.63, 3.8) is 0 Å². The Morgan fingerprint density at radius 2 is 1.84 bits per heavy atom. The first-order valence-corrected chi connectivity index (χ1v) is 6.03. The number of carbonyl (C=O) groups excluding carboxylic acids is 1. The number of hydrogen-bond acceptors (Lipinski definition) is 2. The highest BCUT2D eigenvalue weighted by Gasteiger charge is 2.09. The van der Waals surface area contributed by atoms with Gasteiger partial charge in [-0.2, -0.15) is 0 Å². The maximum atomic E-state index is 13.3. The number of thiol groups is 1. The topological polar surface area (TPSA) is 29.1 Å². The molecule has 0 aromatic heterocycles. The number of benzene rings is 2. The van der Waals surface area contributed by atoms with Gasteiger partial charge in [0.1, 0.15) is 11.6 Å². The largest absolute Gasteiger partial charge is 0.348 e. The van der Waals surface area contributed by atoms with Crippen LogP contribution in [0, 0.1) is 11.6 Å². The van der Waals surface area contributed by atoms with Crippen LogP contribution in [-0.4, -0.2) is 5.91 Å². The van der Waals surface area contributed by atoms with Crippen molar-refractivity contribution < 1.29 is 13.6 Å². The fraction of sp³-hybridized carbons (Fsp3) is 0.0714. The summed E-state index contributed by atoms with van der Waals surface area (Å²) in [5.41, 5.74) is 0.673. The molecule has 2 aromatic carbocycles. The van der Waals surface area contributed by atoms with Gasteiger partial charge in [0.15, 0.2) is 0 Å². The predicted octanol–water partition coefficient (Wildman–Crippen LogP) is 3.18. The van der Waals surface area contributed by atoms with E-state index in [1.807, 2.05) is 0 Å². The summed E-state index contributed by atoms with van der Waals surface area (Å²) in [6.07, 6.45) is 0. The van der Waals surface area contributed by atoms with Crippen molar-refractivity contribution in [3.05, 3.63) is 65.2 Å². The highest BCUT2D eigenvalue weighted by Crippen LogP contribution is 2.14. The molecule has 19 heavy (non-hydrogen) atoms. The van der Waals surface area contributed by atoms with Crippen molar-refractivity contribution in [3.8, 4) is 0 Å². The molecule has 0 saturated heterocycles. The standard InChI is InChI=1S/C14H11F2NOS/c15-11-4-2-1-3-10(11)8-17-14(18)9-5-6-12(16)13(19)7-9/h1-7,19H,8H2,(H,17,18). The number of amides is 1. The maximum Gasteiger partial charge on any atom is 0.251 e. The molecule has 0 aliphatic heterocycles. The van der Waals surface area contributed by atoms with Crippen LogP contribution in [0.3, 0.4) is 0 Å². The molecule has 2 aromatic rings. The summed E-state index contributed by atoms with van der Waals surface area (Å²) in [6.45, 7) is 0.0742. The first-order valence-electron chi connectivity index (χ1n) is 5.58. The van der Waals surface area contributed by atoms with Crippen molar-refractivity contribution >= 4 is 18.5 Å². The Morgan fingerprint density at radius 1 is 1.11 bits per heavy atom. The zero-order valence-corrected chi connectivity index (χ0v) is 10.8. The van der Waals surface area contributed by atoms with Crippen LogP contribution in [-0.2, 0) is 6.54 Å². The molecule has 98 valence electrons. The SMILES string of the molecule is O=C(NCc1ccccc1F)c1ccc(F)c(S)c1. The summed E-state index contributed by atoms with van der Waals surface area (Å²) >= 11 is 3.90. The molecule has 0 fully saturated rings. The fourth-order valence-corrected chi connectivity index (χ4v) is 1.79. The molecular formula is C14H11F2NOS. The number of rotatable bonds is 3. The van der Waals surface area contributed by atoms with Gasteiger partial charge in [-0.15, -0.1) is 12.6 Å². The van der Waals surface area contributed by atoms with Crippen molar-refractivity contribution in [2.45, 2.75) is 11.4 Å². The van der Waals surface area contributed by atoms with Crippen LogP contribution in [0.5, 0.6) is 0 Å². The summed E-state index contributed by atoms with van der Waals surface area (Å²) in [6, 6.07) is 10.0. The molecule has 0 bridgehead atoms. The molecule has 0 spiro atoms. The number of carbonyl (C=O) groups is 1. The second-order valence-corrected chi connectivity index (χ2v) is 4.42. The van der Waals surface area contributed by atoms with Gasteiger partial charge in [-0.3, -0.25) is 4.79 Å². The smallest absolute Gasteiger partial charge is 0.251 e. The van der Waals surface area contributed by atoms with E-state index in [2.05, 4.69) is 17.9 Å². The number of nitrogens with one attached hydrogen (secondary N) is 1. The minimum absolute atomic E-state index is 0.0742. The Bertz CT molecular complexity index is 616. The van der Waals surface area contributed by atoms with E-state index in [1.54, 1.807) is 18.2 Å². The Labute approximate surface area is 114 Å². The van der Waals surface area contributed by atoms with Crippen molar-refractivity contribution in [1.29, 1.82) is 0 Å². The molecular weight excluding hydrogens is 268 g/mol. The van der Waals surface area contributed by atoms with Gasteiger partial charge in [-0.1, -0.05) is 18.2 Å². The van der Waals surface area contributed by atoms with Crippen molar-refractivity contribution in [2.75, 3.05) is 0 Å². The highest BCUT2D eigenvalue weighted by molar-refractivity contribution is 7.80. The van der Waals surface area contributed by atoms with E-state index in [4.69, 9.17) is 0 Å². The van der Waals surface area contributed by atoms with Gasteiger partial charge in [0, 0.05) is 22.6 Å². The fourth-order valence-electron chi connectivity index (χ4n) is 1.57. The second kappa shape index (κ2) is 5.84. The van der Waals surface area contributed by atoms with E-state index in [9.17, 15) is 13.6 Å². The summed E-state index contributed by atoms with van der Waals surface area (Å²) < 4.78 is 26.4. The van der Waals surface area contributed by atoms with E-state index in [-0.39, 0.29) is 22.8 Å². The Balaban J connectivity index is 2.05. The Morgan fingerprint density at radius 3 is 2.53 bits per heavy atom. The van der Waals surface area contributed by atoms with Crippen LogP contribution >= 0.6 is 12.6 Å². The molecule has 1 amide bonds. The van der Waals surface area contributed by atoms with Gasteiger partial charge in [-0.25, -0.2) is 8.78 Å². The van der Waals surface area contributed by atoms with Gasteiger partial charge in [0.05, 0.1) is 0 Å². The zero-order valence-electron chi connectivity index (χ0n) is 9.86. The lowest BCUT2D eigenvalue weighted by Crippen LogP contribution is -2.23. The maximum absolute atomic E-state index is 13.3. The van der Waals surface area contributed by atoms with Gasteiger partial charge in [0.25, 0.3) is 5.91 Å². The molecule has 0 atom stereocenters. The second-order valence-electron chi connectivity index (χ2n) is 3.94. The van der Waals surface area contributed by atoms with E-state index >= 15 is 0 Å². The monoisotopic (exact) mass is 279 g/mol. The van der Waals surface area contributed by atoms with Crippen LogP contribution in [0.1, 0.15) is 15.9 Å². The lowest BCUT2D eigenvalue weighted by molar-refractivity contribution is 0.0950. The molecule has 2 nitrogen and oxygen atoms in total. The molecule has 2 rings (SSSR count). The molecule has 0 saturated carbocycles. The van der Waals surface area contributed by atoms with E-state index in [1.165, 1.54) is 24.3 Å². The highest BCUT2D eigenvalue weighted by atomic mass is 32.1. The van der Waals surface area contributed by atoms with Crippen molar-refractivity contribution in [2.24, 2.45) is 0 Å². The summed E-state index contributed by atoms with van der Waals surface area (Å²) in [5.74, 6) is -1.27. The van der Waals surface area contributed by atoms with Gasteiger partial charge in [0.2, 0.25) is 0 Å². The lowest BCUT2D eigenvalue weighted by Gasteiger charge is -2.07. The summed E-state index contributed by atoms with van der Waals surface area (Å²) in [5, 5.41) is 2.57. The summed E-state index contributed by atoms with van der Waals surface area (Å²) in [4.78, 5) is 11.9. The van der Waals surface area contributed by atoms with Crippen LogP contribution in [0.4, 0.5) is 8.78 Å². The molecule has 0 radical (unpaired) electrons. The molecule has 0 aliphatic carbocycles. The normalized spacial score (nSPS) is 10.3. The van der Waals surface area contributed by atoms with Gasteiger partial charge in [-0.05, 0) is 24.3 Å². The average molecular weight is 279 g/mol. The molecule has 0 aliphatic rings. The average Bonchev–Trinajstić information content (AvgIpc) is 2.40. The van der Waals surface area contributed by atoms with Crippen LogP contribution in [0.25, 0.3) is 0 Å². The van der Waals surface area contributed by atoms with E-state index in [0.717, 1.165) is 0 Å². The molecule has 1 N–H and O–H groups in total. The summed E-state index contributed by atoms with van der Waals surface area (Å²) in [7, 11) is 0. The molecule has 0 heterocycles. The van der Waals surface area contributed by atoms with E-state index in [0.29, 0.717) is 5.56 Å². The molecule has 0 unspecified atom stereocenters. The third-order valence-electron chi connectivity index (χ3n) is 2.61. The third-order valence-corrected chi connectivity index (χ3v) is 2.95. The van der Waals surface area contributed by atoms with Gasteiger partial charge >= 0.3 is 0 Å². The third kappa shape index (κ3) is 3.32. The number of hydrogen-bond donors (Lipinski definition) is 2. The molecule has 5 heteroatoms. The van der Waals surface area contributed by atoms with Crippen LogP contribution in [0.15, 0.2) is 47.4 Å². The lowest BCUT2D eigenvalue weighted by atomic mass is 10.2. The first-order chi connectivity index (χ1) is 9.08. The first kappa shape index (κ1) is 13.5. The van der Waals surface area contributed by atoms with Crippen LogP contribution in [0.2, 0.25) is 0 Å².